The zero-order valence-corrected chi connectivity index (χ0v) is 17.2. The normalized spacial score (nSPS) is 14.3. The number of carbonyl (C=O) groups is 2. The largest absolute Gasteiger partial charge is 0.481 e. The molecule has 1 saturated heterocycles. The van der Waals surface area contributed by atoms with Gasteiger partial charge >= 0.3 is 0 Å². The Kier molecular flexibility index (Phi) is 7.65. The highest BCUT2D eigenvalue weighted by Crippen LogP contribution is 2.23. The molecule has 1 atom stereocenters. The highest BCUT2D eigenvalue weighted by atomic mass is 19.1. The standard InChI is InChI=1S/C23H28FN3O3/c1-2-8-20(26-22(28)16-30-21-12-4-3-11-19(21)24)23(29)25-17-9-7-10-18(15-17)27-13-5-6-14-27/h3-4,7,9-12,15,20H,2,5-6,8,13-14,16H2,1H3,(H,25,29)(H,26,28)/t20-/m0/s1. The number of nitrogens with one attached hydrogen (secondary N) is 2. The molecule has 6 nitrogen and oxygen atoms in total. The molecule has 0 saturated carbocycles. The van der Waals surface area contributed by atoms with Gasteiger partial charge < -0.3 is 20.3 Å². The van der Waals surface area contributed by atoms with Crippen molar-refractivity contribution in [2.45, 2.75) is 38.6 Å². The summed E-state index contributed by atoms with van der Waals surface area (Å²) >= 11 is 0. The van der Waals surface area contributed by atoms with Crippen LogP contribution in [0.1, 0.15) is 32.6 Å². The van der Waals surface area contributed by atoms with Gasteiger partial charge in [0.15, 0.2) is 18.2 Å². The van der Waals surface area contributed by atoms with Crippen molar-refractivity contribution in [3.8, 4) is 5.75 Å². The molecule has 0 radical (unpaired) electrons. The smallest absolute Gasteiger partial charge is 0.258 e. The average molecular weight is 413 g/mol. The number of amides is 2. The molecule has 7 heteroatoms. The Labute approximate surface area is 176 Å². The van der Waals surface area contributed by atoms with E-state index in [0.29, 0.717) is 12.1 Å². The van der Waals surface area contributed by atoms with Crippen molar-refractivity contribution in [2.24, 2.45) is 0 Å². The van der Waals surface area contributed by atoms with Crippen LogP contribution in [0, 0.1) is 5.82 Å². The third-order valence-electron chi connectivity index (χ3n) is 5.01. The number of benzene rings is 2. The lowest BCUT2D eigenvalue weighted by Gasteiger charge is -2.20. The van der Waals surface area contributed by atoms with Crippen LogP contribution < -0.4 is 20.3 Å². The van der Waals surface area contributed by atoms with Gasteiger partial charge in [0.25, 0.3) is 5.91 Å². The minimum absolute atomic E-state index is 0.00266. The molecule has 0 spiro atoms. The van der Waals surface area contributed by atoms with Crippen LogP contribution in [0.15, 0.2) is 48.5 Å². The molecule has 1 aliphatic rings. The first kappa shape index (κ1) is 21.6. The van der Waals surface area contributed by atoms with Crippen molar-refractivity contribution < 1.29 is 18.7 Å². The number of nitrogens with zero attached hydrogens (tertiary/aromatic N) is 1. The summed E-state index contributed by atoms with van der Waals surface area (Å²) in [6, 6.07) is 12.9. The zero-order chi connectivity index (χ0) is 21.3. The molecule has 0 bridgehead atoms. The fraction of sp³-hybridized carbons (Fsp3) is 0.391. The van der Waals surface area contributed by atoms with Crippen LogP contribution >= 0.6 is 0 Å². The molecular formula is C23H28FN3O3. The van der Waals surface area contributed by atoms with Crippen molar-refractivity contribution in [1.29, 1.82) is 0 Å². The molecule has 1 aliphatic heterocycles. The minimum atomic E-state index is -0.692. The molecule has 0 unspecified atom stereocenters. The van der Waals surface area contributed by atoms with Crippen LogP contribution in [0.3, 0.4) is 0 Å². The first-order valence-corrected chi connectivity index (χ1v) is 10.4. The van der Waals surface area contributed by atoms with Crippen LogP contribution in [0.2, 0.25) is 0 Å². The first-order valence-electron chi connectivity index (χ1n) is 10.4. The molecule has 2 N–H and O–H groups in total. The van der Waals surface area contributed by atoms with Gasteiger partial charge in [0, 0.05) is 24.5 Å². The van der Waals surface area contributed by atoms with Gasteiger partial charge in [-0.3, -0.25) is 9.59 Å². The number of carbonyl (C=O) groups excluding carboxylic acids is 2. The fourth-order valence-corrected chi connectivity index (χ4v) is 3.48. The van der Waals surface area contributed by atoms with Gasteiger partial charge in [-0.25, -0.2) is 4.39 Å². The summed E-state index contributed by atoms with van der Waals surface area (Å²) in [5.74, 6) is -1.29. The van der Waals surface area contributed by atoms with E-state index in [1.54, 1.807) is 12.1 Å². The van der Waals surface area contributed by atoms with Crippen molar-refractivity contribution in [3.05, 3.63) is 54.3 Å². The monoisotopic (exact) mass is 413 g/mol. The third-order valence-corrected chi connectivity index (χ3v) is 5.01. The van der Waals surface area contributed by atoms with Crippen molar-refractivity contribution >= 4 is 23.2 Å². The highest BCUT2D eigenvalue weighted by molar-refractivity contribution is 5.97. The van der Waals surface area contributed by atoms with E-state index >= 15 is 0 Å². The SMILES string of the molecule is CCC[C@H](NC(=O)COc1ccccc1F)C(=O)Nc1cccc(N2CCCC2)c1. The summed E-state index contributed by atoms with van der Waals surface area (Å²) < 4.78 is 18.8. The maximum atomic E-state index is 13.6. The number of hydrogen-bond acceptors (Lipinski definition) is 4. The van der Waals surface area contributed by atoms with E-state index in [2.05, 4.69) is 15.5 Å². The second kappa shape index (κ2) is 10.6. The predicted octanol–water partition coefficient (Wildman–Crippen LogP) is 3.73. The number of para-hydroxylation sites is 1. The molecule has 0 aromatic heterocycles. The molecule has 2 aromatic rings. The Morgan fingerprint density at radius 2 is 1.90 bits per heavy atom. The average Bonchev–Trinajstić information content (AvgIpc) is 3.28. The van der Waals surface area contributed by atoms with Gasteiger partial charge in [-0.15, -0.1) is 0 Å². The molecule has 160 valence electrons. The Morgan fingerprint density at radius 1 is 1.13 bits per heavy atom. The van der Waals surface area contributed by atoms with E-state index in [9.17, 15) is 14.0 Å². The molecule has 2 aromatic carbocycles. The maximum Gasteiger partial charge on any atom is 0.258 e. The van der Waals surface area contributed by atoms with Crippen LogP contribution in [-0.4, -0.2) is 37.6 Å². The zero-order valence-electron chi connectivity index (χ0n) is 17.2. The lowest BCUT2D eigenvalue weighted by atomic mass is 10.1. The number of halogens is 1. The summed E-state index contributed by atoms with van der Waals surface area (Å²) in [6.45, 7) is 3.62. The van der Waals surface area contributed by atoms with E-state index in [4.69, 9.17) is 4.74 Å². The molecule has 0 aliphatic carbocycles. The lowest BCUT2D eigenvalue weighted by molar-refractivity contribution is -0.128. The lowest BCUT2D eigenvalue weighted by Crippen LogP contribution is -2.45. The third kappa shape index (κ3) is 5.95. The van der Waals surface area contributed by atoms with E-state index in [1.165, 1.54) is 25.0 Å². The van der Waals surface area contributed by atoms with E-state index in [1.807, 2.05) is 31.2 Å². The topological polar surface area (TPSA) is 70.7 Å². The van der Waals surface area contributed by atoms with Gasteiger partial charge in [-0.05, 0) is 49.6 Å². The van der Waals surface area contributed by atoms with Crippen LogP contribution in [0.4, 0.5) is 15.8 Å². The van der Waals surface area contributed by atoms with Gasteiger partial charge in [-0.1, -0.05) is 31.5 Å². The quantitative estimate of drug-likeness (QED) is 0.657. The number of ether oxygens (including phenoxy) is 1. The van der Waals surface area contributed by atoms with Gasteiger partial charge in [-0.2, -0.15) is 0 Å². The maximum absolute atomic E-state index is 13.6. The molecule has 30 heavy (non-hydrogen) atoms. The fourth-order valence-electron chi connectivity index (χ4n) is 3.48. The number of rotatable bonds is 9. The molecule has 2 amide bonds. The van der Waals surface area contributed by atoms with Gasteiger partial charge in [0.05, 0.1) is 0 Å². The minimum Gasteiger partial charge on any atom is -0.481 e. The van der Waals surface area contributed by atoms with E-state index < -0.39 is 17.8 Å². The second-order valence-electron chi connectivity index (χ2n) is 7.36. The van der Waals surface area contributed by atoms with Crippen LogP contribution in [-0.2, 0) is 9.59 Å². The molecule has 3 rings (SSSR count). The molecular weight excluding hydrogens is 385 g/mol. The molecule has 1 heterocycles. The number of anilines is 2. The van der Waals surface area contributed by atoms with Gasteiger partial charge in [0.2, 0.25) is 5.91 Å². The van der Waals surface area contributed by atoms with Crippen molar-refractivity contribution in [2.75, 3.05) is 29.9 Å². The highest BCUT2D eigenvalue weighted by Gasteiger charge is 2.21. The Bertz CT molecular complexity index is 868. The predicted molar refractivity (Wildman–Crippen MR) is 115 cm³/mol. The van der Waals surface area contributed by atoms with Gasteiger partial charge in [0.1, 0.15) is 6.04 Å². The summed E-state index contributed by atoms with van der Waals surface area (Å²) in [5.41, 5.74) is 1.78. The van der Waals surface area contributed by atoms with Crippen LogP contribution in [0.5, 0.6) is 5.75 Å². The Hall–Kier alpha value is -3.09. The van der Waals surface area contributed by atoms with E-state index in [-0.39, 0.29) is 18.3 Å². The summed E-state index contributed by atoms with van der Waals surface area (Å²) in [5, 5.41) is 5.59. The summed E-state index contributed by atoms with van der Waals surface area (Å²) in [4.78, 5) is 27.3. The van der Waals surface area contributed by atoms with Crippen molar-refractivity contribution in [3.63, 3.8) is 0 Å². The Balaban J connectivity index is 1.57. The summed E-state index contributed by atoms with van der Waals surface area (Å²) in [7, 11) is 0. The number of hydrogen-bond donors (Lipinski definition) is 2. The molecule has 1 fully saturated rings. The second-order valence-corrected chi connectivity index (χ2v) is 7.36. The van der Waals surface area contributed by atoms with E-state index in [0.717, 1.165) is 25.2 Å². The van der Waals surface area contributed by atoms with Crippen LogP contribution in [0.25, 0.3) is 0 Å². The first-order chi connectivity index (χ1) is 14.6. The summed E-state index contributed by atoms with van der Waals surface area (Å²) in [6.07, 6.45) is 3.57. The Morgan fingerprint density at radius 3 is 2.63 bits per heavy atom. The van der Waals surface area contributed by atoms with Crippen molar-refractivity contribution in [1.82, 2.24) is 5.32 Å².